The third-order valence-corrected chi connectivity index (χ3v) is 3.94. The molecule has 2 rings (SSSR count). The first kappa shape index (κ1) is 18.9. The number of nitrogens with zero attached hydrogens (tertiary/aromatic N) is 2. The fraction of sp³-hybridized carbons (Fsp3) is 0.500. The normalized spacial score (nSPS) is 15.6. The van der Waals surface area contributed by atoms with Gasteiger partial charge in [0.15, 0.2) is 11.5 Å². The van der Waals surface area contributed by atoms with Gasteiger partial charge in [-0.25, -0.2) is 0 Å². The van der Waals surface area contributed by atoms with Gasteiger partial charge in [-0.05, 0) is 24.6 Å². The summed E-state index contributed by atoms with van der Waals surface area (Å²) in [4.78, 5) is 26.1. The summed E-state index contributed by atoms with van der Waals surface area (Å²) in [7, 11) is 2.92. The third kappa shape index (κ3) is 4.34. The quantitative estimate of drug-likeness (QED) is 0.827. The van der Waals surface area contributed by atoms with Crippen LogP contribution in [0.4, 0.5) is 13.2 Å². The molecular formula is C16H19F3N2O4. The molecule has 0 aliphatic carbocycles. The Morgan fingerprint density at radius 3 is 2.16 bits per heavy atom. The van der Waals surface area contributed by atoms with Gasteiger partial charge in [0, 0.05) is 31.7 Å². The standard InChI is InChI=1S/C16H19F3N2O4/c1-24-12-5-4-11(10-13(12)25-2)14(22)20-6-3-7-21(9-8-20)15(23)16(17,18)19/h4-5,10H,3,6-9H2,1-2H3. The zero-order chi connectivity index (χ0) is 18.6. The molecule has 0 aromatic heterocycles. The number of rotatable bonds is 3. The predicted molar refractivity (Wildman–Crippen MR) is 82.7 cm³/mol. The van der Waals surface area contributed by atoms with Crippen LogP contribution in [0.1, 0.15) is 16.8 Å². The monoisotopic (exact) mass is 360 g/mol. The van der Waals surface area contributed by atoms with Crippen molar-refractivity contribution in [3.63, 3.8) is 0 Å². The number of alkyl halides is 3. The van der Waals surface area contributed by atoms with E-state index in [0.717, 1.165) is 4.90 Å². The Morgan fingerprint density at radius 1 is 0.960 bits per heavy atom. The molecule has 138 valence electrons. The van der Waals surface area contributed by atoms with E-state index in [1.165, 1.54) is 25.2 Å². The second kappa shape index (κ2) is 7.62. The first-order valence-corrected chi connectivity index (χ1v) is 7.65. The Kier molecular flexibility index (Phi) is 5.76. The molecule has 1 fully saturated rings. The molecule has 1 aromatic rings. The van der Waals surface area contributed by atoms with Crippen molar-refractivity contribution in [3.05, 3.63) is 23.8 Å². The van der Waals surface area contributed by atoms with E-state index in [-0.39, 0.29) is 38.5 Å². The van der Waals surface area contributed by atoms with Crippen molar-refractivity contribution in [2.75, 3.05) is 40.4 Å². The van der Waals surface area contributed by atoms with Crippen LogP contribution in [0.15, 0.2) is 18.2 Å². The van der Waals surface area contributed by atoms with E-state index in [0.29, 0.717) is 17.1 Å². The highest BCUT2D eigenvalue weighted by atomic mass is 19.4. The van der Waals surface area contributed by atoms with E-state index in [1.54, 1.807) is 12.1 Å². The molecule has 1 aromatic carbocycles. The zero-order valence-corrected chi connectivity index (χ0v) is 13.9. The molecule has 0 N–H and O–H groups in total. The zero-order valence-electron chi connectivity index (χ0n) is 13.9. The molecule has 1 aliphatic heterocycles. The van der Waals surface area contributed by atoms with Gasteiger partial charge >= 0.3 is 12.1 Å². The number of benzene rings is 1. The highest BCUT2D eigenvalue weighted by Crippen LogP contribution is 2.28. The van der Waals surface area contributed by atoms with Crippen molar-refractivity contribution in [1.29, 1.82) is 0 Å². The van der Waals surface area contributed by atoms with E-state index in [2.05, 4.69) is 0 Å². The van der Waals surface area contributed by atoms with Gasteiger partial charge in [-0.2, -0.15) is 13.2 Å². The minimum Gasteiger partial charge on any atom is -0.493 e. The van der Waals surface area contributed by atoms with E-state index in [9.17, 15) is 22.8 Å². The number of halogens is 3. The first-order valence-electron chi connectivity index (χ1n) is 7.65. The summed E-state index contributed by atoms with van der Waals surface area (Å²) in [5.74, 6) is -1.34. The molecular weight excluding hydrogens is 341 g/mol. The minimum atomic E-state index is -4.90. The van der Waals surface area contributed by atoms with Gasteiger partial charge < -0.3 is 19.3 Å². The highest BCUT2D eigenvalue weighted by molar-refractivity contribution is 5.95. The summed E-state index contributed by atoms with van der Waals surface area (Å²) >= 11 is 0. The number of amides is 2. The van der Waals surface area contributed by atoms with Gasteiger partial charge in [-0.1, -0.05) is 0 Å². The minimum absolute atomic E-state index is 0.0337. The van der Waals surface area contributed by atoms with E-state index in [1.807, 2.05) is 0 Å². The predicted octanol–water partition coefficient (Wildman–Crippen LogP) is 1.94. The Bertz CT molecular complexity index is 649. The summed E-state index contributed by atoms with van der Waals surface area (Å²) in [6.45, 7) is 0.120. The SMILES string of the molecule is COc1ccc(C(=O)N2CCCN(C(=O)C(F)(F)F)CC2)cc1OC. The Labute approximate surface area is 143 Å². The molecule has 1 aliphatic rings. The molecule has 0 bridgehead atoms. The van der Waals surface area contributed by atoms with Crippen LogP contribution >= 0.6 is 0 Å². The fourth-order valence-corrected chi connectivity index (χ4v) is 2.65. The lowest BCUT2D eigenvalue weighted by Gasteiger charge is -2.23. The van der Waals surface area contributed by atoms with Crippen LogP contribution in [-0.4, -0.2) is 68.2 Å². The lowest BCUT2D eigenvalue weighted by Crippen LogP contribution is -2.43. The second-order valence-electron chi connectivity index (χ2n) is 5.51. The summed E-state index contributed by atoms with van der Waals surface area (Å²) in [6, 6.07) is 4.67. The molecule has 9 heteroatoms. The van der Waals surface area contributed by atoms with Gasteiger partial charge in [0.1, 0.15) is 0 Å². The molecule has 0 saturated carbocycles. The Morgan fingerprint density at radius 2 is 1.56 bits per heavy atom. The summed E-state index contributed by atoms with van der Waals surface area (Å²) < 4.78 is 47.9. The van der Waals surface area contributed by atoms with Gasteiger partial charge in [-0.15, -0.1) is 0 Å². The van der Waals surface area contributed by atoms with Crippen molar-refractivity contribution in [2.45, 2.75) is 12.6 Å². The lowest BCUT2D eigenvalue weighted by molar-refractivity contribution is -0.185. The van der Waals surface area contributed by atoms with Gasteiger partial charge in [0.25, 0.3) is 5.91 Å². The van der Waals surface area contributed by atoms with Crippen LogP contribution in [0, 0.1) is 0 Å². The molecule has 1 saturated heterocycles. The molecule has 0 unspecified atom stereocenters. The van der Waals surface area contributed by atoms with E-state index < -0.39 is 12.1 Å². The number of hydrogen-bond donors (Lipinski definition) is 0. The van der Waals surface area contributed by atoms with Crippen molar-refractivity contribution in [2.24, 2.45) is 0 Å². The van der Waals surface area contributed by atoms with Crippen LogP contribution in [0.2, 0.25) is 0 Å². The Balaban J connectivity index is 2.10. The maximum Gasteiger partial charge on any atom is 0.471 e. The summed E-state index contributed by atoms with van der Waals surface area (Å²) in [6.07, 6.45) is -4.62. The number of carbonyl (C=O) groups excluding carboxylic acids is 2. The largest absolute Gasteiger partial charge is 0.493 e. The molecule has 2 amide bonds. The number of methoxy groups -OCH3 is 2. The van der Waals surface area contributed by atoms with Crippen molar-refractivity contribution >= 4 is 11.8 Å². The highest BCUT2D eigenvalue weighted by Gasteiger charge is 2.42. The van der Waals surface area contributed by atoms with Crippen molar-refractivity contribution < 1.29 is 32.2 Å². The third-order valence-electron chi connectivity index (χ3n) is 3.94. The average molecular weight is 360 g/mol. The molecule has 0 radical (unpaired) electrons. The van der Waals surface area contributed by atoms with Crippen molar-refractivity contribution in [1.82, 2.24) is 9.80 Å². The van der Waals surface area contributed by atoms with Gasteiger partial charge in [0.05, 0.1) is 14.2 Å². The van der Waals surface area contributed by atoms with Crippen LogP contribution in [-0.2, 0) is 4.79 Å². The Hall–Kier alpha value is -2.45. The summed E-state index contributed by atoms with van der Waals surface area (Å²) in [5, 5.41) is 0. The molecule has 1 heterocycles. The molecule has 6 nitrogen and oxygen atoms in total. The maximum atomic E-state index is 12.6. The van der Waals surface area contributed by atoms with Crippen LogP contribution in [0.25, 0.3) is 0 Å². The molecule has 0 spiro atoms. The lowest BCUT2D eigenvalue weighted by atomic mass is 10.1. The topological polar surface area (TPSA) is 59.1 Å². The van der Waals surface area contributed by atoms with Gasteiger partial charge in [0.2, 0.25) is 0 Å². The molecule has 25 heavy (non-hydrogen) atoms. The second-order valence-corrected chi connectivity index (χ2v) is 5.51. The average Bonchev–Trinajstić information content (AvgIpc) is 2.84. The maximum absolute atomic E-state index is 12.6. The number of ether oxygens (including phenoxy) is 2. The van der Waals surface area contributed by atoms with E-state index in [4.69, 9.17) is 9.47 Å². The fourth-order valence-electron chi connectivity index (χ4n) is 2.65. The van der Waals surface area contributed by atoms with Crippen LogP contribution in [0.3, 0.4) is 0 Å². The first-order chi connectivity index (χ1) is 11.8. The van der Waals surface area contributed by atoms with Crippen molar-refractivity contribution in [3.8, 4) is 11.5 Å². The van der Waals surface area contributed by atoms with E-state index >= 15 is 0 Å². The van der Waals surface area contributed by atoms with Crippen LogP contribution in [0.5, 0.6) is 11.5 Å². The summed E-state index contributed by atoms with van der Waals surface area (Å²) in [5.41, 5.74) is 0.341. The smallest absolute Gasteiger partial charge is 0.471 e. The van der Waals surface area contributed by atoms with Gasteiger partial charge in [-0.3, -0.25) is 9.59 Å². The molecule has 0 atom stereocenters. The van der Waals surface area contributed by atoms with Crippen LogP contribution < -0.4 is 9.47 Å². The number of hydrogen-bond acceptors (Lipinski definition) is 4. The number of carbonyl (C=O) groups is 2.